The molecule has 0 spiro atoms. The molecule has 1 N–H and O–H groups in total. The summed E-state index contributed by atoms with van der Waals surface area (Å²) >= 11 is 0. The fraction of sp³-hybridized carbons (Fsp3) is 0.583. The van der Waals surface area contributed by atoms with Crippen LogP contribution in [0, 0.1) is 10.1 Å². The van der Waals surface area contributed by atoms with Crippen LogP contribution in [0.2, 0.25) is 0 Å². The van der Waals surface area contributed by atoms with Crippen LogP contribution in [0.3, 0.4) is 0 Å². The number of hydrogen-bond acceptors (Lipinski definition) is 6. The molecule has 116 valence electrons. The number of nitrogens with zero attached hydrogens (tertiary/aromatic N) is 2. The van der Waals surface area contributed by atoms with Crippen molar-refractivity contribution in [1.82, 2.24) is 4.98 Å². The van der Waals surface area contributed by atoms with Gasteiger partial charge in [-0.25, -0.2) is 8.42 Å². The van der Waals surface area contributed by atoms with Gasteiger partial charge in [-0.2, -0.15) is 0 Å². The second-order valence-electron chi connectivity index (χ2n) is 5.03. The summed E-state index contributed by atoms with van der Waals surface area (Å²) in [7, 11) is -3.51. The molecule has 1 aromatic heterocycles. The van der Waals surface area contributed by atoms with Crippen LogP contribution in [0.1, 0.15) is 32.1 Å². The van der Waals surface area contributed by atoms with Crippen LogP contribution in [0.5, 0.6) is 5.88 Å². The zero-order chi connectivity index (χ0) is 15.5. The topological polar surface area (TPSA) is 111 Å². The van der Waals surface area contributed by atoms with Gasteiger partial charge in [-0.3, -0.25) is 4.72 Å². The number of ether oxygens (including phenoxy) is 1. The summed E-state index contributed by atoms with van der Waals surface area (Å²) < 4.78 is 30.6. The van der Waals surface area contributed by atoms with Crippen molar-refractivity contribution in [3.8, 4) is 5.88 Å². The maximum atomic E-state index is 11.3. The quantitative estimate of drug-likeness (QED) is 0.657. The highest BCUT2D eigenvalue weighted by Gasteiger charge is 2.23. The van der Waals surface area contributed by atoms with Crippen LogP contribution in [-0.2, 0) is 10.0 Å². The van der Waals surface area contributed by atoms with Gasteiger partial charge in [-0.1, -0.05) is 6.42 Å². The zero-order valence-electron chi connectivity index (χ0n) is 11.6. The molecular weight excluding hydrogens is 298 g/mol. The average Bonchev–Trinajstić information content (AvgIpc) is 2.40. The van der Waals surface area contributed by atoms with Crippen molar-refractivity contribution in [2.24, 2.45) is 0 Å². The summed E-state index contributed by atoms with van der Waals surface area (Å²) in [5, 5.41) is 10.8. The molecule has 1 aromatic rings. The predicted molar refractivity (Wildman–Crippen MR) is 76.9 cm³/mol. The lowest BCUT2D eigenvalue weighted by molar-refractivity contribution is -0.389. The first kappa shape index (κ1) is 15.5. The Hall–Kier alpha value is -1.90. The van der Waals surface area contributed by atoms with Gasteiger partial charge in [0.05, 0.1) is 6.26 Å². The van der Waals surface area contributed by atoms with Gasteiger partial charge in [0.15, 0.2) is 0 Å². The van der Waals surface area contributed by atoms with E-state index in [1.165, 1.54) is 6.07 Å². The minimum absolute atomic E-state index is 0.0403. The third-order valence-corrected chi connectivity index (χ3v) is 3.75. The maximum absolute atomic E-state index is 11.3. The highest BCUT2D eigenvalue weighted by atomic mass is 32.2. The Morgan fingerprint density at radius 2 is 2.00 bits per heavy atom. The van der Waals surface area contributed by atoms with E-state index in [0.717, 1.165) is 44.4 Å². The van der Waals surface area contributed by atoms with E-state index in [1.54, 1.807) is 0 Å². The predicted octanol–water partition coefficient (Wildman–Crippen LogP) is 2.07. The molecule has 0 saturated heterocycles. The van der Waals surface area contributed by atoms with Crippen molar-refractivity contribution >= 4 is 21.5 Å². The Morgan fingerprint density at radius 3 is 2.57 bits per heavy atom. The number of aromatic nitrogens is 1. The molecule has 1 aliphatic rings. The molecule has 0 unspecified atom stereocenters. The monoisotopic (exact) mass is 315 g/mol. The van der Waals surface area contributed by atoms with Crippen LogP contribution in [0.15, 0.2) is 12.1 Å². The first-order valence-electron chi connectivity index (χ1n) is 6.65. The van der Waals surface area contributed by atoms with Crippen molar-refractivity contribution in [1.29, 1.82) is 0 Å². The van der Waals surface area contributed by atoms with Crippen LogP contribution < -0.4 is 9.46 Å². The summed E-state index contributed by atoms with van der Waals surface area (Å²) in [5.41, 5.74) is 0.119. The highest BCUT2D eigenvalue weighted by Crippen LogP contribution is 2.30. The molecular formula is C12H17N3O5S. The second kappa shape index (κ2) is 6.25. The third-order valence-electron chi connectivity index (χ3n) is 3.16. The maximum Gasteiger partial charge on any atom is 0.367 e. The minimum atomic E-state index is -3.51. The molecule has 0 amide bonds. The number of rotatable bonds is 5. The van der Waals surface area contributed by atoms with E-state index in [4.69, 9.17) is 4.74 Å². The number of nitrogens with one attached hydrogen (secondary N) is 1. The lowest BCUT2D eigenvalue weighted by Crippen LogP contribution is -2.21. The van der Waals surface area contributed by atoms with Gasteiger partial charge in [-0.15, -0.1) is 0 Å². The molecule has 21 heavy (non-hydrogen) atoms. The Labute approximate surface area is 122 Å². The lowest BCUT2D eigenvalue weighted by atomic mass is 9.98. The van der Waals surface area contributed by atoms with E-state index >= 15 is 0 Å². The number of anilines is 1. The number of nitro groups is 1. The average molecular weight is 315 g/mol. The molecule has 0 aromatic carbocycles. The Balaban J connectivity index is 2.28. The molecule has 1 fully saturated rings. The third kappa shape index (κ3) is 4.55. The van der Waals surface area contributed by atoms with Crippen molar-refractivity contribution in [3.63, 3.8) is 0 Å². The van der Waals surface area contributed by atoms with E-state index in [9.17, 15) is 18.5 Å². The van der Waals surface area contributed by atoms with E-state index in [2.05, 4.69) is 9.71 Å². The van der Waals surface area contributed by atoms with Crippen LogP contribution in [0.25, 0.3) is 0 Å². The molecule has 0 atom stereocenters. The highest BCUT2D eigenvalue weighted by molar-refractivity contribution is 7.92. The summed E-state index contributed by atoms with van der Waals surface area (Å²) in [5.74, 6) is -0.415. The van der Waals surface area contributed by atoms with E-state index < -0.39 is 14.9 Å². The molecule has 1 saturated carbocycles. The van der Waals surface area contributed by atoms with E-state index in [1.807, 2.05) is 0 Å². The Bertz CT molecular complexity index is 626. The molecule has 0 bridgehead atoms. The van der Waals surface area contributed by atoms with Gasteiger partial charge in [0, 0.05) is 11.1 Å². The minimum Gasteiger partial charge on any atom is -0.455 e. The van der Waals surface area contributed by atoms with Gasteiger partial charge in [0.1, 0.15) is 11.8 Å². The Kier molecular flexibility index (Phi) is 4.61. The van der Waals surface area contributed by atoms with Crippen molar-refractivity contribution in [2.45, 2.75) is 38.2 Å². The molecule has 9 heteroatoms. The number of pyridine rings is 1. The molecule has 0 aliphatic heterocycles. The standard InChI is InChI=1S/C12H17N3O5S/c1-21(18,19)14-10-7-8-11(15(16)17)13-12(10)20-9-5-3-2-4-6-9/h7-9,14H,2-6H2,1H3. The summed E-state index contributed by atoms with van der Waals surface area (Å²) in [6.07, 6.45) is 5.76. The van der Waals surface area contributed by atoms with Crippen molar-refractivity contribution in [2.75, 3.05) is 11.0 Å². The molecule has 1 heterocycles. The first-order valence-corrected chi connectivity index (χ1v) is 8.54. The summed E-state index contributed by atoms with van der Waals surface area (Å²) in [6.45, 7) is 0. The molecule has 2 rings (SSSR count). The van der Waals surface area contributed by atoms with Crippen LogP contribution in [0.4, 0.5) is 11.5 Å². The fourth-order valence-corrected chi connectivity index (χ4v) is 2.80. The SMILES string of the molecule is CS(=O)(=O)Nc1ccc([N+](=O)[O-])nc1OC1CCCCC1. The van der Waals surface area contributed by atoms with Gasteiger partial charge in [-0.05, 0) is 36.7 Å². The molecule has 8 nitrogen and oxygen atoms in total. The Morgan fingerprint density at radius 1 is 1.33 bits per heavy atom. The molecule has 0 radical (unpaired) electrons. The molecule has 1 aliphatic carbocycles. The largest absolute Gasteiger partial charge is 0.455 e. The van der Waals surface area contributed by atoms with Crippen molar-refractivity contribution in [3.05, 3.63) is 22.2 Å². The normalized spacial score (nSPS) is 16.4. The fourth-order valence-electron chi connectivity index (χ4n) is 2.24. The summed E-state index contributed by atoms with van der Waals surface area (Å²) in [6, 6.07) is 2.44. The van der Waals surface area contributed by atoms with E-state index in [-0.39, 0.29) is 23.5 Å². The van der Waals surface area contributed by atoms with Crippen molar-refractivity contribution < 1.29 is 18.1 Å². The van der Waals surface area contributed by atoms with E-state index in [0.29, 0.717) is 0 Å². The zero-order valence-corrected chi connectivity index (χ0v) is 12.4. The second-order valence-corrected chi connectivity index (χ2v) is 6.78. The number of hydrogen-bond donors (Lipinski definition) is 1. The number of sulfonamides is 1. The van der Waals surface area contributed by atoms with Crippen LogP contribution >= 0.6 is 0 Å². The first-order chi connectivity index (χ1) is 9.85. The lowest BCUT2D eigenvalue weighted by Gasteiger charge is -2.21. The smallest absolute Gasteiger partial charge is 0.367 e. The summed E-state index contributed by atoms with van der Waals surface area (Å²) in [4.78, 5) is 14.0. The van der Waals surface area contributed by atoms with Gasteiger partial charge in [0.25, 0.3) is 0 Å². The van der Waals surface area contributed by atoms with Crippen LogP contribution in [-0.4, -0.2) is 30.7 Å². The van der Waals surface area contributed by atoms with Gasteiger partial charge >= 0.3 is 11.7 Å². The van der Waals surface area contributed by atoms with Gasteiger partial charge < -0.3 is 14.9 Å². The van der Waals surface area contributed by atoms with Gasteiger partial charge in [0.2, 0.25) is 10.0 Å².